The molecule has 0 spiro atoms. The molecule has 0 fully saturated rings. The molecule has 1 aromatic rings. The average molecular weight is 393 g/mol. The van der Waals surface area contributed by atoms with Crippen molar-refractivity contribution in [1.82, 2.24) is 9.62 Å². The first-order valence-corrected chi connectivity index (χ1v) is 10.9. The number of nitrogens with zero attached hydrogens (tertiary/aromatic N) is 1. The zero-order valence-electron chi connectivity index (χ0n) is 16.6. The highest BCUT2D eigenvalue weighted by Crippen LogP contribution is 2.41. The Morgan fingerprint density at radius 1 is 1.26 bits per heavy atom. The lowest BCUT2D eigenvalue weighted by Gasteiger charge is -2.44. The maximum absolute atomic E-state index is 13.1. The Labute approximate surface area is 161 Å². The normalized spacial score (nSPS) is 21.0. The van der Waals surface area contributed by atoms with Crippen LogP contribution in [0.2, 0.25) is 0 Å². The van der Waals surface area contributed by atoms with E-state index in [2.05, 4.69) is 19.2 Å². The molecule has 0 saturated carbocycles. The van der Waals surface area contributed by atoms with Gasteiger partial charge in [-0.05, 0) is 50.2 Å². The summed E-state index contributed by atoms with van der Waals surface area (Å²) in [5, 5.41) is 2.45. The molecule has 0 aliphatic carbocycles. The first-order valence-electron chi connectivity index (χ1n) is 9.04. The highest BCUT2D eigenvalue weighted by Gasteiger charge is 2.47. The van der Waals surface area contributed by atoms with Crippen molar-refractivity contribution in [1.29, 1.82) is 0 Å². The number of carbonyl (C=O) groups excluding carboxylic acids is 2. The van der Waals surface area contributed by atoms with Gasteiger partial charge in [-0.1, -0.05) is 43.7 Å². The van der Waals surface area contributed by atoms with Crippen LogP contribution in [0.15, 0.2) is 30.0 Å². The number of aryl methyl sites for hydroxylation is 1. The molecular formula is C20H28N2O4S. The molecule has 1 heterocycles. The third-order valence-electron chi connectivity index (χ3n) is 4.94. The van der Waals surface area contributed by atoms with E-state index in [0.29, 0.717) is 30.7 Å². The number of hydrogen-bond donors (Lipinski definition) is 1. The first-order chi connectivity index (χ1) is 12.5. The minimum Gasteiger partial charge on any atom is -0.324 e. The van der Waals surface area contributed by atoms with Crippen molar-refractivity contribution in [3.63, 3.8) is 0 Å². The van der Waals surface area contributed by atoms with Crippen LogP contribution in [0.5, 0.6) is 0 Å². The summed E-state index contributed by atoms with van der Waals surface area (Å²) in [7, 11) is -3.80. The van der Waals surface area contributed by atoms with Gasteiger partial charge in [0, 0.05) is 0 Å². The van der Waals surface area contributed by atoms with Crippen molar-refractivity contribution in [2.45, 2.75) is 52.5 Å². The highest BCUT2D eigenvalue weighted by atomic mass is 32.2. The van der Waals surface area contributed by atoms with Crippen molar-refractivity contribution >= 4 is 27.9 Å². The maximum Gasteiger partial charge on any atom is 0.284 e. The predicted molar refractivity (Wildman–Crippen MR) is 106 cm³/mol. The SMILES string of the molecule is Cc1ccc(C2=C(NC=O)C(=O)N(S(C)(=O)=O)[C@](C)(CCC(C)C)C2)cc1. The minimum atomic E-state index is -3.80. The number of carbonyl (C=O) groups is 2. The molecule has 1 N–H and O–H groups in total. The van der Waals surface area contributed by atoms with Gasteiger partial charge in [0.05, 0.1) is 11.8 Å². The topological polar surface area (TPSA) is 83.6 Å². The fourth-order valence-electron chi connectivity index (χ4n) is 3.57. The average Bonchev–Trinajstić information content (AvgIpc) is 2.55. The van der Waals surface area contributed by atoms with Crippen molar-refractivity contribution in [2.24, 2.45) is 5.92 Å². The summed E-state index contributed by atoms with van der Waals surface area (Å²) >= 11 is 0. The summed E-state index contributed by atoms with van der Waals surface area (Å²) in [6, 6.07) is 7.65. The smallest absolute Gasteiger partial charge is 0.284 e. The van der Waals surface area contributed by atoms with Crippen LogP contribution < -0.4 is 5.32 Å². The Morgan fingerprint density at radius 3 is 2.33 bits per heavy atom. The molecule has 0 bridgehead atoms. The van der Waals surface area contributed by atoms with Gasteiger partial charge in [0.15, 0.2) is 0 Å². The molecule has 1 atom stereocenters. The lowest BCUT2D eigenvalue weighted by atomic mass is 9.80. The number of amides is 2. The molecule has 7 heteroatoms. The summed E-state index contributed by atoms with van der Waals surface area (Å²) in [4.78, 5) is 24.3. The van der Waals surface area contributed by atoms with Crippen LogP contribution in [0.3, 0.4) is 0 Å². The van der Waals surface area contributed by atoms with Crippen LogP contribution >= 0.6 is 0 Å². The Hall–Kier alpha value is -2.15. The van der Waals surface area contributed by atoms with Gasteiger partial charge >= 0.3 is 0 Å². The van der Waals surface area contributed by atoms with Gasteiger partial charge in [-0.3, -0.25) is 9.59 Å². The monoisotopic (exact) mass is 392 g/mol. The molecule has 0 radical (unpaired) electrons. The fourth-order valence-corrected chi connectivity index (χ4v) is 4.92. The van der Waals surface area contributed by atoms with Gasteiger partial charge < -0.3 is 5.32 Å². The molecule has 6 nitrogen and oxygen atoms in total. The second kappa shape index (κ2) is 7.84. The van der Waals surface area contributed by atoms with Gasteiger partial charge in [0.25, 0.3) is 5.91 Å². The molecule has 0 aromatic heterocycles. The van der Waals surface area contributed by atoms with Crippen molar-refractivity contribution in [3.05, 3.63) is 41.1 Å². The Kier molecular flexibility index (Phi) is 6.14. The fraction of sp³-hybridized carbons (Fsp3) is 0.500. The molecule has 1 aromatic carbocycles. The molecule has 2 amide bonds. The van der Waals surface area contributed by atoms with Crippen LogP contribution in [-0.2, 0) is 19.6 Å². The third kappa shape index (κ3) is 4.58. The summed E-state index contributed by atoms with van der Waals surface area (Å²) in [5.74, 6) is -0.308. The van der Waals surface area contributed by atoms with E-state index in [1.165, 1.54) is 0 Å². The van der Waals surface area contributed by atoms with E-state index in [4.69, 9.17) is 0 Å². The Bertz CT molecular complexity index is 856. The van der Waals surface area contributed by atoms with E-state index < -0.39 is 21.5 Å². The zero-order valence-corrected chi connectivity index (χ0v) is 17.4. The second-order valence-electron chi connectivity index (χ2n) is 7.92. The molecule has 0 saturated heterocycles. The largest absolute Gasteiger partial charge is 0.324 e. The van der Waals surface area contributed by atoms with Gasteiger partial charge in [0.2, 0.25) is 16.4 Å². The van der Waals surface area contributed by atoms with E-state index in [9.17, 15) is 18.0 Å². The van der Waals surface area contributed by atoms with Crippen LogP contribution in [0.4, 0.5) is 0 Å². The second-order valence-corrected chi connectivity index (χ2v) is 9.75. The number of sulfonamides is 1. The van der Waals surface area contributed by atoms with E-state index in [0.717, 1.165) is 28.1 Å². The first kappa shape index (κ1) is 21.2. The third-order valence-corrected chi connectivity index (χ3v) is 6.21. The Morgan fingerprint density at radius 2 is 1.85 bits per heavy atom. The summed E-state index contributed by atoms with van der Waals surface area (Å²) in [6.45, 7) is 7.90. The number of rotatable bonds is 7. The molecule has 27 heavy (non-hydrogen) atoms. The Balaban J connectivity index is 2.65. The molecule has 1 aliphatic heterocycles. The zero-order chi connectivity index (χ0) is 20.4. The number of nitrogens with one attached hydrogen (secondary N) is 1. The predicted octanol–water partition coefficient (Wildman–Crippen LogP) is 2.84. The van der Waals surface area contributed by atoms with E-state index in [-0.39, 0.29) is 5.70 Å². The van der Waals surface area contributed by atoms with E-state index >= 15 is 0 Å². The molecular weight excluding hydrogens is 364 g/mol. The maximum atomic E-state index is 13.1. The van der Waals surface area contributed by atoms with E-state index in [1.807, 2.05) is 31.2 Å². The van der Waals surface area contributed by atoms with Crippen LogP contribution in [-0.4, -0.2) is 36.8 Å². The lowest BCUT2D eigenvalue weighted by Crippen LogP contribution is -2.57. The highest BCUT2D eigenvalue weighted by molar-refractivity contribution is 7.89. The summed E-state index contributed by atoms with van der Waals surface area (Å²) in [5.41, 5.74) is 1.69. The molecule has 2 rings (SSSR count). The standard InChI is InChI=1S/C20H28N2O4S/c1-14(2)10-11-20(4)12-17(16-8-6-15(3)7-9-16)18(21-13-23)19(24)22(20)27(5,25)26/h6-9,13-14H,10-12H2,1-5H3,(H,21,23)/t20-/m1/s1. The molecule has 148 valence electrons. The quantitative estimate of drug-likeness (QED) is 0.723. The minimum absolute atomic E-state index is 0.0290. The van der Waals surface area contributed by atoms with Gasteiger partial charge in [-0.2, -0.15) is 0 Å². The summed E-state index contributed by atoms with van der Waals surface area (Å²) in [6.07, 6.45) is 3.13. The van der Waals surface area contributed by atoms with Crippen LogP contribution in [0.25, 0.3) is 5.57 Å². The van der Waals surface area contributed by atoms with Gasteiger partial charge in [-0.15, -0.1) is 0 Å². The number of hydrogen-bond acceptors (Lipinski definition) is 4. The van der Waals surface area contributed by atoms with Crippen molar-refractivity contribution in [2.75, 3.05) is 6.26 Å². The van der Waals surface area contributed by atoms with Crippen LogP contribution in [0.1, 0.15) is 51.2 Å². The molecule has 1 aliphatic rings. The van der Waals surface area contributed by atoms with Crippen molar-refractivity contribution in [3.8, 4) is 0 Å². The van der Waals surface area contributed by atoms with Crippen molar-refractivity contribution < 1.29 is 18.0 Å². The van der Waals surface area contributed by atoms with Gasteiger partial charge in [-0.25, -0.2) is 12.7 Å². The van der Waals surface area contributed by atoms with Gasteiger partial charge in [0.1, 0.15) is 5.70 Å². The number of benzene rings is 1. The lowest BCUT2D eigenvalue weighted by molar-refractivity contribution is -0.128. The summed E-state index contributed by atoms with van der Waals surface area (Å²) < 4.78 is 25.9. The van der Waals surface area contributed by atoms with E-state index in [1.54, 1.807) is 6.92 Å². The molecule has 0 unspecified atom stereocenters. The van der Waals surface area contributed by atoms with Crippen LogP contribution in [0, 0.1) is 12.8 Å².